The van der Waals surface area contributed by atoms with Gasteiger partial charge in [0.25, 0.3) is 0 Å². The summed E-state index contributed by atoms with van der Waals surface area (Å²) in [5.41, 5.74) is -0.674. The molecule has 2 rings (SSSR count). The number of azo groups is 1. The van der Waals surface area contributed by atoms with Crippen molar-refractivity contribution in [1.82, 2.24) is 0 Å². The Balaban J connectivity index is 2.61. The van der Waals surface area contributed by atoms with Crippen LogP contribution in [0.2, 0.25) is 5.02 Å². The maximum Gasteiger partial charge on any atom is 0.300 e. The van der Waals surface area contributed by atoms with Gasteiger partial charge < -0.3 is 15.3 Å². The van der Waals surface area contributed by atoms with Crippen LogP contribution in [-0.2, 0) is 10.1 Å². The molecule has 22 heavy (non-hydrogen) atoms. The van der Waals surface area contributed by atoms with Crippen LogP contribution in [0.4, 0.5) is 11.4 Å². The average Bonchev–Trinajstić information content (AvgIpc) is 2.42. The summed E-state index contributed by atoms with van der Waals surface area (Å²) >= 11 is 5.79. The summed E-state index contributed by atoms with van der Waals surface area (Å²) in [5.74, 6) is -1.79. The van der Waals surface area contributed by atoms with Crippen molar-refractivity contribution in [3.8, 4) is 17.2 Å². The van der Waals surface area contributed by atoms with Crippen LogP contribution in [0.5, 0.6) is 17.2 Å². The molecule has 0 aliphatic carbocycles. The van der Waals surface area contributed by atoms with Gasteiger partial charge >= 0.3 is 10.1 Å². The number of aromatic hydroxyl groups is 3. The minimum atomic E-state index is -4.81. The van der Waals surface area contributed by atoms with Gasteiger partial charge in [-0.15, -0.1) is 10.2 Å². The Bertz CT molecular complexity index is 866. The van der Waals surface area contributed by atoms with E-state index in [2.05, 4.69) is 10.2 Å². The molecular weight excluding hydrogens is 336 g/mol. The smallest absolute Gasteiger partial charge is 0.300 e. The third-order valence-corrected chi connectivity index (χ3v) is 3.79. The standard InChI is InChI=1S/C12H9ClN2O6S/c13-6-4-5-9(17)12(22(19,20)21)10(6)15-14-7-2-1-3-8(16)11(7)18/h1-5,16-18H,(H,19,20,21). The van der Waals surface area contributed by atoms with Gasteiger partial charge in [0.15, 0.2) is 16.4 Å². The molecular formula is C12H9ClN2O6S. The fourth-order valence-electron chi connectivity index (χ4n) is 1.59. The number of rotatable bonds is 3. The summed E-state index contributed by atoms with van der Waals surface area (Å²) in [5, 5.41) is 35.3. The SMILES string of the molecule is O=S(=O)(O)c1c(O)ccc(Cl)c1N=Nc1cccc(O)c1O. The van der Waals surface area contributed by atoms with Crippen LogP contribution in [0.15, 0.2) is 45.5 Å². The Morgan fingerprint density at radius 3 is 2.27 bits per heavy atom. The topological polar surface area (TPSA) is 140 Å². The van der Waals surface area contributed by atoms with E-state index in [0.29, 0.717) is 0 Å². The molecule has 0 saturated carbocycles. The van der Waals surface area contributed by atoms with Gasteiger partial charge in [0.2, 0.25) is 0 Å². The van der Waals surface area contributed by atoms with Crippen molar-refractivity contribution in [2.75, 3.05) is 0 Å². The summed E-state index contributed by atoms with van der Waals surface area (Å²) in [6.45, 7) is 0. The Kier molecular flexibility index (Phi) is 4.22. The quantitative estimate of drug-likeness (QED) is 0.383. The summed E-state index contributed by atoms with van der Waals surface area (Å²) in [7, 11) is -4.81. The third kappa shape index (κ3) is 3.11. The van der Waals surface area contributed by atoms with Gasteiger partial charge in [-0.2, -0.15) is 8.42 Å². The van der Waals surface area contributed by atoms with Crippen molar-refractivity contribution in [2.24, 2.45) is 10.2 Å². The van der Waals surface area contributed by atoms with E-state index in [1.165, 1.54) is 18.2 Å². The lowest BCUT2D eigenvalue weighted by Crippen LogP contribution is -1.99. The van der Waals surface area contributed by atoms with E-state index in [-0.39, 0.29) is 10.7 Å². The van der Waals surface area contributed by atoms with Crippen molar-refractivity contribution in [3.05, 3.63) is 35.4 Å². The average molecular weight is 345 g/mol. The summed E-state index contributed by atoms with van der Waals surface area (Å²) < 4.78 is 31.7. The number of phenolic OH excluding ortho intramolecular Hbond substituents is 3. The lowest BCUT2D eigenvalue weighted by atomic mass is 10.3. The molecule has 4 N–H and O–H groups in total. The molecule has 0 bridgehead atoms. The number of benzene rings is 2. The molecule has 10 heteroatoms. The van der Waals surface area contributed by atoms with Crippen molar-refractivity contribution >= 4 is 33.1 Å². The molecule has 0 aliphatic rings. The van der Waals surface area contributed by atoms with Gasteiger partial charge in [0.05, 0.1) is 5.02 Å². The summed E-state index contributed by atoms with van der Waals surface area (Å²) in [4.78, 5) is -0.914. The molecule has 0 spiro atoms. The first-order chi connectivity index (χ1) is 10.2. The molecule has 116 valence electrons. The van der Waals surface area contributed by atoms with Crippen LogP contribution in [0.1, 0.15) is 0 Å². The zero-order valence-electron chi connectivity index (χ0n) is 10.7. The van der Waals surface area contributed by atoms with Crippen molar-refractivity contribution in [2.45, 2.75) is 4.90 Å². The van der Waals surface area contributed by atoms with Gasteiger partial charge in [-0.1, -0.05) is 17.7 Å². The molecule has 0 radical (unpaired) electrons. The highest BCUT2D eigenvalue weighted by atomic mass is 35.5. The zero-order chi connectivity index (χ0) is 16.5. The van der Waals surface area contributed by atoms with Gasteiger partial charge in [0.1, 0.15) is 17.1 Å². The second-order valence-corrected chi connectivity index (χ2v) is 5.83. The minimum Gasteiger partial charge on any atom is -0.506 e. The lowest BCUT2D eigenvalue weighted by Gasteiger charge is -2.06. The minimum absolute atomic E-state index is 0.166. The molecule has 0 heterocycles. The van der Waals surface area contributed by atoms with Crippen LogP contribution >= 0.6 is 11.6 Å². The number of hydrogen-bond acceptors (Lipinski definition) is 7. The molecule has 0 saturated heterocycles. The second kappa shape index (κ2) is 5.79. The zero-order valence-corrected chi connectivity index (χ0v) is 12.2. The summed E-state index contributed by atoms with van der Waals surface area (Å²) in [6.07, 6.45) is 0. The molecule has 0 amide bonds. The lowest BCUT2D eigenvalue weighted by molar-refractivity contribution is 0.404. The van der Waals surface area contributed by atoms with Crippen LogP contribution in [0, 0.1) is 0 Å². The number of phenols is 3. The van der Waals surface area contributed by atoms with E-state index in [1.54, 1.807) is 0 Å². The first-order valence-electron chi connectivity index (χ1n) is 5.63. The van der Waals surface area contributed by atoms with E-state index in [9.17, 15) is 23.7 Å². The fourth-order valence-corrected chi connectivity index (χ4v) is 2.57. The Labute approximate surface area is 129 Å². The molecule has 0 atom stereocenters. The molecule has 0 aromatic heterocycles. The maximum atomic E-state index is 11.3. The predicted octanol–water partition coefficient (Wildman–Crippen LogP) is 3.12. The molecule has 2 aromatic carbocycles. The normalized spacial score (nSPS) is 11.9. The second-order valence-electron chi connectivity index (χ2n) is 4.06. The van der Waals surface area contributed by atoms with Gasteiger partial charge in [-0.05, 0) is 24.3 Å². The highest BCUT2D eigenvalue weighted by Gasteiger charge is 2.23. The van der Waals surface area contributed by atoms with E-state index in [4.69, 9.17) is 16.2 Å². The number of nitrogens with zero attached hydrogens (tertiary/aromatic N) is 2. The highest BCUT2D eigenvalue weighted by Crippen LogP contribution is 2.41. The number of para-hydroxylation sites is 1. The van der Waals surface area contributed by atoms with Crippen molar-refractivity contribution < 1.29 is 28.3 Å². The fraction of sp³-hybridized carbons (Fsp3) is 0. The van der Waals surface area contributed by atoms with Crippen LogP contribution in [0.25, 0.3) is 0 Å². The van der Waals surface area contributed by atoms with Crippen molar-refractivity contribution in [3.63, 3.8) is 0 Å². The molecule has 8 nitrogen and oxygen atoms in total. The number of hydrogen-bond donors (Lipinski definition) is 4. The monoisotopic (exact) mass is 344 g/mol. The first kappa shape index (κ1) is 16.0. The van der Waals surface area contributed by atoms with Crippen molar-refractivity contribution in [1.29, 1.82) is 0 Å². The van der Waals surface area contributed by atoms with Gasteiger partial charge in [-0.3, -0.25) is 4.55 Å². The maximum absolute atomic E-state index is 11.3. The van der Waals surface area contributed by atoms with E-state index >= 15 is 0 Å². The molecule has 0 fully saturated rings. The van der Waals surface area contributed by atoms with E-state index in [1.807, 2.05) is 0 Å². The Morgan fingerprint density at radius 2 is 1.64 bits per heavy atom. The Morgan fingerprint density at radius 1 is 0.955 bits per heavy atom. The predicted molar refractivity (Wildman–Crippen MR) is 76.9 cm³/mol. The van der Waals surface area contributed by atoms with E-state index < -0.39 is 37.9 Å². The first-order valence-corrected chi connectivity index (χ1v) is 7.45. The van der Waals surface area contributed by atoms with Crippen LogP contribution in [-0.4, -0.2) is 28.3 Å². The van der Waals surface area contributed by atoms with E-state index in [0.717, 1.165) is 12.1 Å². The molecule has 2 aromatic rings. The van der Waals surface area contributed by atoms with Crippen LogP contribution < -0.4 is 0 Å². The van der Waals surface area contributed by atoms with Crippen LogP contribution in [0.3, 0.4) is 0 Å². The van der Waals surface area contributed by atoms with Gasteiger partial charge in [-0.25, -0.2) is 0 Å². The highest BCUT2D eigenvalue weighted by molar-refractivity contribution is 7.86. The number of halogens is 1. The van der Waals surface area contributed by atoms with Gasteiger partial charge in [0, 0.05) is 0 Å². The Hall–Kier alpha value is -2.36. The largest absolute Gasteiger partial charge is 0.506 e. The molecule has 0 aliphatic heterocycles. The molecule has 0 unspecified atom stereocenters. The summed E-state index contributed by atoms with van der Waals surface area (Å²) in [6, 6.07) is 6.00. The third-order valence-electron chi connectivity index (χ3n) is 2.57.